The fourth-order valence-electron chi connectivity index (χ4n) is 14.6. The van der Waals surface area contributed by atoms with Gasteiger partial charge in [0.25, 0.3) is 0 Å². The van der Waals surface area contributed by atoms with Crippen LogP contribution in [0, 0.1) is 111 Å². The van der Waals surface area contributed by atoms with E-state index in [1.807, 2.05) is 111 Å². The largest absolute Gasteiger partial charge is 0.507 e. The van der Waals surface area contributed by atoms with Crippen molar-refractivity contribution in [2.24, 2.45) is 0 Å². The summed E-state index contributed by atoms with van der Waals surface area (Å²) in [5.74, 6) is 2.54. The van der Waals surface area contributed by atoms with Gasteiger partial charge in [-0.15, -0.1) is 0 Å². The highest BCUT2D eigenvalue weighted by atomic mass is 16.3. The number of hydrogen-bond acceptors (Lipinski definition) is 8. The Bertz CT molecular complexity index is 3540. The molecule has 9 aromatic rings. The third-order valence-electron chi connectivity index (χ3n) is 20.4. The molecule has 0 aromatic heterocycles. The molecule has 8 nitrogen and oxygen atoms in total. The zero-order valence-corrected chi connectivity index (χ0v) is 55.0. The molecule has 458 valence electrons. The van der Waals surface area contributed by atoms with E-state index in [2.05, 4.69) is 135 Å². The van der Waals surface area contributed by atoms with Crippen LogP contribution in [-0.4, -0.2) is 40.9 Å². The van der Waals surface area contributed by atoms with Crippen LogP contribution in [0.3, 0.4) is 0 Å². The molecule has 8 heteroatoms. The number of hydrogen-bond donors (Lipinski definition) is 8. The SMILES string of the molecule is Cc1cc(C(C)(c2ccc(C(C)(c3cc(C)c(O)c(C)c3)c3cc(C)c(O)c(C)c3)cc2)c2cc(C)c(O)c(C)c2)cc(C)c1O.Cc1cc(C2(c3cc(C)c(O)c(C)c3)CCC(c3cc(C)c(O)c(C)c3)(c3cc(C)c(O)c(C)c3)CC2)cc(C)c1O. The third kappa shape index (κ3) is 10.9. The summed E-state index contributed by atoms with van der Waals surface area (Å²) in [6.45, 7) is 35.5. The highest BCUT2D eigenvalue weighted by molar-refractivity contribution is 5.62. The van der Waals surface area contributed by atoms with Gasteiger partial charge in [-0.25, -0.2) is 0 Å². The second kappa shape index (κ2) is 23.5. The Kier molecular flexibility index (Phi) is 17.0. The van der Waals surface area contributed by atoms with Crippen molar-refractivity contribution in [2.45, 2.75) is 172 Å². The molecule has 0 heterocycles. The summed E-state index contributed by atoms with van der Waals surface area (Å²) in [5.41, 5.74) is 22.7. The van der Waals surface area contributed by atoms with Gasteiger partial charge in [0, 0.05) is 21.7 Å². The Labute approximate surface area is 522 Å². The van der Waals surface area contributed by atoms with Crippen LogP contribution in [0.1, 0.15) is 184 Å². The summed E-state index contributed by atoms with van der Waals surface area (Å²) in [6.07, 6.45) is 3.38. The number of phenols is 8. The zero-order valence-electron chi connectivity index (χ0n) is 55.0. The van der Waals surface area contributed by atoms with E-state index in [1.54, 1.807) is 0 Å². The minimum atomic E-state index is -0.598. The maximum atomic E-state index is 10.7. The molecule has 0 saturated heterocycles. The highest BCUT2D eigenvalue weighted by Crippen LogP contribution is 2.57. The van der Waals surface area contributed by atoms with E-state index in [0.717, 1.165) is 148 Å². The molecule has 0 radical (unpaired) electrons. The normalized spacial score (nSPS) is 13.9. The monoisotopic (exact) mass is 1180 g/mol. The van der Waals surface area contributed by atoms with Gasteiger partial charge in [-0.05, 0) is 295 Å². The van der Waals surface area contributed by atoms with Crippen LogP contribution in [0.25, 0.3) is 0 Å². The van der Waals surface area contributed by atoms with E-state index in [9.17, 15) is 40.9 Å². The molecule has 1 aliphatic rings. The molecule has 10 rings (SSSR count). The molecule has 1 fully saturated rings. The summed E-state index contributed by atoms with van der Waals surface area (Å²) >= 11 is 0. The average molecular weight is 1180 g/mol. The van der Waals surface area contributed by atoms with E-state index in [0.29, 0.717) is 46.0 Å². The summed E-state index contributed by atoms with van der Waals surface area (Å²) in [4.78, 5) is 0. The third-order valence-corrected chi connectivity index (χ3v) is 20.4. The Morgan fingerprint density at radius 2 is 0.341 bits per heavy atom. The fraction of sp³-hybridized carbons (Fsp3) is 0.325. The first kappa shape index (κ1) is 63.9. The number of aryl methyl sites for hydroxylation is 16. The Morgan fingerprint density at radius 1 is 0.216 bits per heavy atom. The predicted octanol–water partition coefficient (Wildman–Crippen LogP) is 18.5. The van der Waals surface area contributed by atoms with Gasteiger partial charge in [0.15, 0.2) is 0 Å². The molecule has 0 bridgehead atoms. The molecule has 1 saturated carbocycles. The lowest BCUT2D eigenvalue weighted by molar-refractivity contribution is 0.255. The summed E-state index contributed by atoms with van der Waals surface area (Å²) in [7, 11) is 0. The predicted molar refractivity (Wildman–Crippen MR) is 358 cm³/mol. The van der Waals surface area contributed by atoms with Gasteiger partial charge in [0.2, 0.25) is 0 Å². The Morgan fingerprint density at radius 3 is 0.477 bits per heavy atom. The lowest BCUT2D eigenvalue weighted by Crippen LogP contribution is -2.41. The van der Waals surface area contributed by atoms with Crippen LogP contribution in [-0.2, 0) is 21.7 Å². The molecule has 0 aliphatic heterocycles. The average Bonchev–Trinajstić information content (AvgIpc) is 0.907. The van der Waals surface area contributed by atoms with Gasteiger partial charge in [-0.1, -0.05) is 121 Å². The minimum absolute atomic E-state index is 0.300. The molecular formula is C80H90O8. The minimum Gasteiger partial charge on any atom is -0.507 e. The number of benzene rings is 9. The summed E-state index contributed by atoms with van der Waals surface area (Å²) in [6, 6.07) is 42.3. The first-order chi connectivity index (χ1) is 41.2. The van der Waals surface area contributed by atoms with E-state index in [1.165, 1.54) is 22.3 Å². The molecule has 0 atom stereocenters. The maximum absolute atomic E-state index is 10.7. The van der Waals surface area contributed by atoms with E-state index >= 15 is 0 Å². The van der Waals surface area contributed by atoms with Crippen molar-refractivity contribution in [1.82, 2.24) is 0 Å². The summed E-state index contributed by atoms with van der Waals surface area (Å²) in [5, 5.41) is 85.3. The van der Waals surface area contributed by atoms with Crippen LogP contribution in [0.5, 0.6) is 46.0 Å². The van der Waals surface area contributed by atoms with Gasteiger partial charge in [-0.3, -0.25) is 0 Å². The number of phenolic OH excluding ortho intramolecular Hbond substituents is 8. The van der Waals surface area contributed by atoms with Gasteiger partial charge >= 0.3 is 0 Å². The highest BCUT2D eigenvalue weighted by Gasteiger charge is 2.48. The maximum Gasteiger partial charge on any atom is 0.121 e. The topological polar surface area (TPSA) is 162 Å². The number of aromatic hydroxyl groups is 8. The van der Waals surface area contributed by atoms with E-state index in [4.69, 9.17) is 0 Å². The smallest absolute Gasteiger partial charge is 0.121 e. The lowest BCUT2D eigenvalue weighted by atomic mass is 9.54. The molecule has 9 aromatic carbocycles. The number of rotatable bonds is 10. The van der Waals surface area contributed by atoms with Crippen LogP contribution >= 0.6 is 0 Å². The molecule has 88 heavy (non-hydrogen) atoms. The quantitative estimate of drug-likeness (QED) is 0.0628. The van der Waals surface area contributed by atoms with Crippen molar-refractivity contribution in [3.8, 4) is 46.0 Å². The first-order valence-electron chi connectivity index (χ1n) is 30.8. The second-order valence-corrected chi connectivity index (χ2v) is 26.7. The van der Waals surface area contributed by atoms with Crippen molar-refractivity contribution >= 4 is 0 Å². The molecule has 0 unspecified atom stereocenters. The van der Waals surface area contributed by atoms with Gasteiger partial charge < -0.3 is 40.9 Å². The Hall–Kier alpha value is -8.62. The van der Waals surface area contributed by atoms with E-state index in [-0.39, 0.29) is 10.8 Å². The Balaban J connectivity index is 0.000000210. The van der Waals surface area contributed by atoms with Crippen LogP contribution in [0.2, 0.25) is 0 Å². The van der Waals surface area contributed by atoms with Crippen LogP contribution in [0.4, 0.5) is 0 Å². The van der Waals surface area contributed by atoms with Crippen LogP contribution < -0.4 is 0 Å². The van der Waals surface area contributed by atoms with Gasteiger partial charge in [-0.2, -0.15) is 0 Å². The first-order valence-corrected chi connectivity index (χ1v) is 30.8. The van der Waals surface area contributed by atoms with Crippen molar-refractivity contribution in [2.75, 3.05) is 0 Å². The van der Waals surface area contributed by atoms with Crippen molar-refractivity contribution in [3.05, 3.63) is 266 Å². The molecule has 8 N–H and O–H groups in total. The molecular weight excluding hydrogens is 1090 g/mol. The standard InChI is InChI=1S/C42H46O4.C38H44O4/c1-23-15-33(16-24(2)37(23)43)41(9,34-17-25(3)38(44)26(4)18-34)31-11-13-32(14-12-31)42(10,35-19-27(5)39(45)28(6)20-35)36-21-29(7)40(46)30(8)22-36;1-21-13-29(14-22(2)33(21)39)37(30-15-23(3)34(40)24(4)16-30)9-11-38(12-10-37,31-17-25(5)35(41)26(6)18-31)32-19-27(7)36(42)28(8)20-32/h11-22,43-46H,1-10H3;13-20,39-42H,9-12H2,1-8H3. The fourth-order valence-corrected chi connectivity index (χ4v) is 14.6. The van der Waals surface area contributed by atoms with Crippen molar-refractivity contribution in [3.63, 3.8) is 0 Å². The molecule has 0 spiro atoms. The van der Waals surface area contributed by atoms with Gasteiger partial charge in [0.1, 0.15) is 46.0 Å². The van der Waals surface area contributed by atoms with Crippen molar-refractivity contribution < 1.29 is 40.9 Å². The summed E-state index contributed by atoms with van der Waals surface area (Å²) < 4.78 is 0. The van der Waals surface area contributed by atoms with Crippen LogP contribution in [0.15, 0.2) is 121 Å². The van der Waals surface area contributed by atoms with E-state index < -0.39 is 10.8 Å². The molecule has 1 aliphatic carbocycles. The second-order valence-electron chi connectivity index (χ2n) is 26.7. The zero-order chi connectivity index (χ0) is 64.6. The molecule has 0 amide bonds. The lowest BCUT2D eigenvalue weighted by Gasteiger charge is -2.49. The van der Waals surface area contributed by atoms with Gasteiger partial charge in [0.05, 0.1) is 0 Å². The van der Waals surface area contributed by atoms with Crippen molar-refractivity contribution in [1.29, 1.82) is 0 Å².